The summed E-state index contributed by atoms with van der Waals surface area (Å²) in [6.07, 6.45) is 7.64. The van der Waals surface area contributed by atoms with Crippen LogP contribution in [-0.4, -0.2) is 17.6 Å². The summed E-state index contributed by atoms with van der Waals surface area (Å²) in [6.45, 7) is 35.1. The quantitative estimate of drug-likeness (QED) is 0.118. The van der Waals surface area contributed by atoms with E-state index in [0.717, 1.165) is 40.5 Å². The van der Waals surface area contributed by atoms with Gasteiger partial charge in [-0.2, -0.15) is 6.07 Å². The van der Waals surface area contributed by atoms with E-state index in [1.165, 1.54) is 88.2 Å². The van der Waals surface area contributed by atoms with Gasteiger partial charge in [0.1, 0.15) is 13.9 Å². The molecular weight excluding hydrogens is 1240 g/mol. The number of ether oxygens (including phenoxy) is 1. The number of para-hydroxylation sites is 2. The molecule has 0 fully saturated rings. The molecule has 2 aromatic heterocycles. The van der Waals surface area contributed by atoms with E-state index in [4.69, 9.17) is 9.72 Å². The number of hydrogen-bond donors (Lipinski definition) is 0. The predicted octanol–water partition coefficient (Wildman–Crippen LogP) is 19.3. The third-order valence-corrected chi connectivity index (χ3v) is 22.6. The Morgan fingerprint density at radius 3 is 1.74 bits per heavy atom. The molecule has 0 saturated carbocycles. The van der Waals surface area contributed by atoms with Crippen molar-refractivity contribution in [3.8, 4) is 39.6 Å². The van der Waals surface area contributed by atoms with Gasteiger partial charge in [0.15, 0.2) is 0 Å². The van der Waals surface area contributed by atoms with Gasteiger partial charge in [-0.25, -0.2) is 4.98 Å². The van der Waals surface area contributed by atoms with E-state index < -0.39 is 13.5 Å². The summed E-state index contributed by atoms with van der Waals surface area (Å²) in [5.74, 6) is 2.30. The van der Waals surface area contributed by atoms with E-state index in [1.54, 1.807) is 0 Å². The molecule has 1 spiro atoms. The maximum absolute atomic E-state index is 7.34. The van der Waals surface area contributed by atoms with Gasteiger partial charge >= 0.3 is 0 Å². The zero-order valence-corrected chi connectivity index (χ0v) is 55.5. The molecule has 7 heteroatoms. The van der Waals surface area contributed by atoms with E-state index in [-0.39, 0.29) is 48.6 Å². The van der Waals surface area contributed by atoms with Crippen molar-refractivity contribution >= 4 is 58.2 Å². The fraction of sp³-hybridized carbons (Fsp3) is 0.266. The first-order valence-electron chi connectivity index (χ1n) is 30.5. The molecule has 0 radical (unpaired) electrons. The summed E-state index contributed by atoms with van der Waals surface area (Å²) in [5, 5.41) is 4.27. The summed E-state index contributed by atoms with van der Waals surface area (Å²) >= 11 is 0. The average Bonchev–Trinajstić information content (AvgIpc) is 1.45. The molecule has 0 N–H and O–H groups in total. The molecule has 86 heavy (non-hydrogen) atoms. The van der Waals surface area contributed by atoms with Crippen molar-refractivity contribution in [3.63, 3.8) is 0 Å². The molecule has 4 aliphatic rings. The van der Waals surface area contributed by atoms with Crippen molar-refractivity contribution in [3.05, 3.63) is 251 Å². The second-order valence-electron chi connectivity index (χ2n) is 29.0. The number of rotatable bonds is 7. The minimum atomic E-state index is -2.12. The standard InChI is InChI=1S/C79H77N4OSi.Pt/c1-75(2,3)52-38-39-80-71(45-52)83-67-35-25-32-63-72(67)73-64(79(63)61-30-18-22-36-69(61)85(13,14)70-37-23-19-31-62(70)79)47-58(48-68(73)83)84-57-29-24-28-56(46-57)81-49-82(66-34-21-20-33-65(66)81)74-59(50-26-16-15-17-27-50)43-55(78(10,11)12)44-60(74)51-40-53(76(4,5)6)42-54(41-51)77(7,8)9;/h15-31,33-45,47,49,63H,32H2,1-14H3;/q-3;. The summed E-state index contributed by atoms with van der Waals surface area (Å²) in [7, 11) is -2.12. The fourth-order valence-corrected chi connectivity index (χ4v) is 17.7. The monoisotopic (exact) mass is 1320 g/mol. The molecule has 436 valence electrons. The Bertz CT molecular complexity index is 4300. The molecule has 1 atom stereocenters. The normalized spacial score (nSPS) is 16.3. The summed E-state index contributed by atoms with van der Waals surface area (Å²) in [5.41, 5.74) is 20.9. The SMILES string of the molecule is CC(C)(C)c1cc(-c2cc(C(C)(C)C)cc(-c3ccccc3)c2N2[CH-]N(c3[c-]c(Oc4[c-]c5c6c(c4)C4(c7ccccc7[Si](C)(C)c7ccccc74)C4CC=Cc(c64)n5-c4cc(C(C)(C)C)ccn4)ccc3)c3ccccc32)cc(C(C)(C)C)c1.[Pt]. The van der Waals surface area contributed by atoms with Gasteiger partial charge in [0, 0.05) is 78.1 Å². The van der Waals surface area contributed by atoms with E-state index in [2.05, 4.69) is 305 Å². The van der Waals surface area contributed by atoms with E-state index >= 15 is 0 Å². The van der Waals surface area contributed by atoms with Crippen molar-refractivity contribution in [1.82, 2.24) is 9.55 Å². The zero-order valence-electron chi connectivity index (χ0n) is 52.3. The number of hydrogen-bond acceptors (Lipinski definition) is 4. The van der Waals surface area contributed by atoms with Crippen molar-refractivity contribution < 1.29 is 25.8 Å². The third kappa shape index (κ3) is 9.05. The van der Waals surface area contributed by atoms with Crippen molar-refractivity contribution in [1.29, 1.82) is 0 Å². The molecule has 4 heterocycles. The van der Waals surface area contributed by atoms with Gasteiger partial charge in [0.2, 0.25) is 0 Å². The smallest absolute Gasteiger partial charge is 0.135 e. The van der Waals surface area contributed by atoms with Crippen LogP contribution < -0.4 is 24.9 Å². The Kier molecular flexibility index (Phi) is 13.6. The van der Waals surface area contributed by atoms with Crippen LogP contribution in [-0.2, 0) is 48.1 Å². The second-order valence-corrected chi connectivity index (χ2v) is 33.3. The van der Waals surface area contributed by atoms with Gasteiger partial charge in [-0.15, -0.1) is 53.6 Å². The minimum Gasteiger partial charge on any atom is -0.509 e. The van der Waals surface area contributed by atoms with Crippen LogP contribution in [0.1, 0.15) is 146 Å². The fourth-order valence-electron chi connectivity index (χ4n) is 14.5. The summed E-state index contributed by atoms with van der Waals surface area (Å²) in [4.78, 5) is 9.86. The summed E-state index contributed by atoms with van der Waals surface area (Å²) in [6, 6.07) is 71.6. The molecule has 2 aliphatic carbocycles. The zero-order chi connectivity index (χ0) is 59.3. The van der Waals surface area contributed by atoms with Crippen LogP contribution in [0.3, 0.4) is 0 Å². The van der Waals surface area contributed by atoms with Crippen LogP contribution in [0.15, 0.2) is 182 Å². The van der Waals surface area contributed by atoms with Crippen LogP contribution in [0, 0.1) is 18.8 Å². The van der Waals surface area contributed by atoms with Crippen LogP contribution in [0.25, 0.3) is 45.1 Å². The first-order valence-corrected chi connectivity index (χ1v) is 33.5. The number of anilines is 4. The number of allylic oxidation sites excluding steroid dienone is 1. The van der Waals surface area contributed by atoms with E-state index in [0.29, 0.717) is 11.5 Å². The van der Waals surface area contributed by atoms with Crippen molar-refractivity contribution in [2.75, 3.05) is 9.80 Å². The average molecular weight is 1320 g/mol. The second kappa shape index (κ2) is 20.3. The number of pyridine rings is 1. The number of benzene rings is 8. The van der Waals surface area contributed by atoms with Crippen LogP contribution in [0.2, 0.25) is 13.1 Å². The van der Waals surface area contributed by atoms with Crippen molar-refractivity contribution in [2.45, 2.75) is 136 Å². The molecule has 0 amide bonds. The van der Waals surface area contributed by atoms with Crippen LogP contribution in [0.5, 0.6) is 11.5 Å². The predicted molar refractivity (Wildman–Crippen MR) is 358 cm³/mol. The van der Waals surface area contributed by atoms with Gasteiger partial charge in [-0.3, -0.25) is 0 Å². The Balaban J connectivity index is 0.00000686. The minimum absolute atomic E-state index is 0. The molecule has 14 rings (SSSR count). The molecule has 5 nitrogen and oxygen atoms in total. The first-order chi connectivity index (χ1) is 40.4. The Morgan fingerprint density at radius 1 is 0.547 bits per heavy atom. The molecule has 1 unspecified atom stereocenters. The van der Waals surface area contributed by atoms with Crippen molar-refractivity contribution in [2.24, 2.45) is 0 Å². The molecule has 2 aliphatic heterocycles. The molecule has 0 saturated heterocycles. The number of aromatic nitrogens is 2. The van der Waals surface area contributed by atoms with Crippen LogP contribution >= 0.6 is 0 Å². The van der Waals surface area contributed by atoms with Gasteiger partial charge in [-0.05, 0) is 121 Å². The van der Waals surface area contributed by atoms with E-state index in [1.807, 2.05) is 12.3 Å². The largest absolute Gasteiger partial charge is 0.509 e. The van der Waals surface area contributed by atoms with Crippen LogP contribution in [0.4, 0.5) is 22.7 Å². The topological polar surface area (TPSA) is 33.5 Å². The Hall–Kier alpha value is -7.50. The van der Waals surface area contributed by atoms with Gasteiger partial charge in [0.05, 0.1) is 0 Å². The molecule has 0 bridgehead atoms. The molecule has 10 aromatic rings. The van der Waals surface area contributed by atoms with Gasteiger partial charge < -0.3 is 19.1 Å². The molecule has 8 aromatic carbocycles. The maximum Gasteiger partial charge on any atom is 0.135 e. The Labute approximate surface area is 526 Å². The maximum atomic E-state index is 7.34. The first kappa shape index (κ1) is 57.6. The Morgan fingerprint density at radius 2 is 1.12 bits per heavy atom. The number of fused-ring (bicyclic) bond motifs is 7. The van der Waals surface area contributed by atoms with E-state index in [9.17, 15) is 0 Å². The summed E-state index contributed by atoms with van der Waals surface area (Å²) < 4.78 is 9.70. The van der Waals surface area contributed by atoms with Gasteiger partial charge in [0.25, 0.3) is 0 Å². The number of nitrogens with zero attached hydrogens (tertiary/aromatic N) is 4. The molecular formula is C79H77N4OPtSi-3. The van der Waals surface area contributed by atoms with Gasteiger partial charge in [-0.1, -0.05) is 233 Å². The third-order valence-electron chi connectivity index (χ3n) is 19.0.